The molecule has 2 aromatic heterocycles. The van der Waals surface area contributed by atoms with Gasteiger partial charge in [-0.25, -0.2) is 0 Å². The predicted molar refractivity (Wildman–Crippen MR) is 93.5 cm³/mol. The van der Waals surface area contributed by atoms with Crippen LogP contribution >= 0.6 is 12.2 Å². The summed E-state index contributed by atoms with van der Waals surface area (Å²) in [4.78, 5) is 0. The van der Waals surface area contributed by atoms with E-state index in [1.54, 1.807) is 6.26 Å². The van der Waals surface area contributed by atoms with Gasteiger partial charge in [-0.2, -0.15) is 5.10 Å². The van der Waals surface area contributed by atoms with Crippen molar-refractivity contribution in [3.8, 4) is 5.75 Å². The summed E-state index contributed by atoms with van der Waals surface area (Å²) < 4.78 is 13.8. The van der Waals surface area contributed by atoms with Crippen molar-refractivity contribution in [2.45, 2.75) is 13.2 Å². The summed E-state index contributed by atoms with van der Waals surface area (Å²) in [6.07, 6.45) is 1.64. The number of fused-ring (bicyclic) bond motifs is 1. The molecule has 120 valence electrons. The Balaban J connectivity index is 1.59. The molecule has 0 fully saturated rings. The molecule has 0 radical (unpaired) electrons. The van der Waals surface area contributed by atoms with Crippen LogP contribution in [0.3, 0.4) is 0 Å². The normalized spacial score (nSPS) is 11.0. The van der Waals surface area contributed by atoms with Crippen LogP contribution < -0.4 is 4.74 Å². The van der Waals surface area contributed by atoms with Crippen LogP contribution in [0.4, 0.5) is 0 Å². The minimum absolute atomic E-state index is 0.321. The summed E-state index contributed by atoms with van der Waals surface area (Å²) in [5.74, 6) is 2.37. The van der Waals surface area contributed by atoms with Gasteiger partial charge in [-0.15, -0.1) is 0 Å². The fraction of sp³-hybridized carbons (Fsp3) is 0.111. The molecule has 0 aliphatic carbocycles. The predicted octanol–water partition coefficient (Wildman–Crippen LogP) is 4.31. The van der Waals surface area contributed by atoms with E-state index in [-0.39, 0.29) is 0 Å². The van der Waals surface area contributed by atoms with Crippen molar-refractivity contribution < 1.29 is 9.15 Å². The van der Waals surface area contributed by atoms with Crippen LogP contribution in [0.25, 0.3) is 10.8 Å². The Bertz CT molecular complexity index is 1010. The third-order valence-electron chi connectivity index (χ3n) is 3.84. The molecular weight excluding hydrogens is 322 g/mol. The van der Waals surface area contributed by atoms with Gasteiger partial charge in [0.25, 0.3) is 0 Å². The molecule has 0 spiro atoms. The molecule has 1 N–H and O–H groups in total. The van der Waals surface area contributed by atoms with Crippen molar-refractivity contribution >= 4 is 23.0 Å². The summed E-state index contributed by atoms with van der Waals surface area (Å²) in [5.41, 5.74) is 0. The van der Waals surface area contributed by atoms with Gasteiger partial charge in [0.15, 0.2) is 10.6 Å². The molecular formula is C18H15N3O2S. The maximum atomic E-state index is 6.00. The van der Waals surface area contributed by atoms with Crippen molar-refractivity contribution in [1.29, 1.82) is 0 Å². The zero-order valence-corrected chi connectivity index (χ0v) is 13.6. The highest BCUT2D eigenvalue weighted by molar-refractivity contribution is 7.71. The van der Waals surface area contributed by atoms with E-state index in [2.05, 4.69) is 22.3 Å². The molecule has 6 heteroatoms. The molecule has 5 nitrogen and oxygen atoms in total. The second-order valence-electron chi connectivity index (χ2n) is 5.38. The number of hydrogen-bond donors (Lipinski definition) is 1. The van der Waals surface area contributed by atoms with Crippen LogP contribution in [0.2, 0.25) is 0 Å². The van der Waals surface area contributed by atoms with E-state index in [0.717, 1.165) is 28.1 Å². The number of aromatic amines is 1. The zero-order valence-electron chi connectivity index (χ0n) is 12.8. The smallest absolute Gasteiger partial charge is 0.195 e. The minimum Gasteiger partial charge on any atom is -0.485 e. The van der Waals surface area contributed by atoms with Crippen molar-refractivity contribution in [2.24, 2.45) is 0 Å². The van der Waals surface area contributed by atoms with Crippen LogP contribution in [-0.4, -0.2) is 14.8 Å². The largest absolute Gasteiger partial charge is 0.485 e. The van der Waals surface area contributed by atoms with Crippen LogP contribution in [0, 0.1) is 4.77 Å². The first-order valence-electron chi connectivity index (χ1n) is 7.58. The molecule has 2 aromatic carbocycles. The quantitative estimate of drug-likeness (QED) is 0.551. The van der Waals surface area contributed by atoms with Gasteiger partial charge in [0.2, 0.25) is 0 Å². The molecule has 0 aliphatic heterocycles. The van der Waals surface area contributed by atoms with E-state index in [1.165, 1.54) is 0 Å². The van der Waals surface area contributed by atoms with Gasteiger partial charge >= 0.3 is 0 Å². The Hall–Kier alpha value is -2.86. The molecule has 0 saturated carbocycles. The molecule has 4 rings (SSSR count). The number of nitrogens with zero attached hydrogens (tertiary/aromatic N) is 2. The summed E-state index contributed by atoms with van der Waals surface area (Å²) in [6, 6.07) is 17.9. The van der Waals surface area contributed by atoms with E-state index in [4.69, 9.17) is 21.4 Å². The first-order chi connectivity index (χ1) is 11.8. The SMILES string of the molecule is S=c1[nH]nc(COc2cccc3ccccc23)n1Cc1ccco1. The lowest BCUT2D eigenvalue weighted by molar-refractivity contribution is 0.292. The third kappa shape index (κ3) is 2.83. The highest BCUT2D eigenvalue weighted by Crippen LogP contribution is 2.25. The second kappa shape index (κ2) is 6.33. The number of rotatable bonds is 5. The summed E-state index contributed by atoms with van der Waals surface area (Å²) in [5, 5.41) is 9.31. The number of ether oxygens (including phenoxy) is 1. The molecule has 2 heterocycles. The van der Waals surface area contributed by atoms with Crippen molar-refractivity contribution in [3.05, 3.63) is 77.2 Å². The van der Waals surface area contributed by atoms with E-state index in [0.29, 0.717) is 17.9 Å². The van der Waals surface area contributed by atoms with Crippen LogP contribution in [-0.2, 0) is 13.2 Å². The lowest BCUT2D eigenvalue weighted by atomic mass is 10.1. The van der Waals surface area contributed by atoms with Gasteiger partial charge in [0.1, 0.15) is 18.1 Å². The van der Waals surface area contributed by atoms with Crippen molar-refractivity contribution in [1.82, 2.24) is 14.8 Å². The fourth-order valence-electron chi connectivity index (χ4n) is 2.65. The number of benzene rings is 2. The Morgan fingerprint density at radius 3 is 2.83 bits per heavy atom. The van der Waals surface area contributed by atoms with E-state index in [9.17, 15) is 0 Å². The van der Waals surface area contributed by atoms with Gasteiger partial charge in [-0.05, 0) is 35.8 Å². The van der Waals surface area contributed by atoms with Gasteiger partial charge < -0.3 is 9.15 Å². The molecule has 0 atom stereocenters. The van der Waals surface area contributed by atoms with E-state index in [1.807, 2.05) is 47.0 Å². The van der Waals surface area contributed by atoms with Crippen LogP contribution in [0.1, 0.15) is 11.6 Å². The average Bonchev–Trinajstić information content (AvgIpc) is 3.24. The molecule has 4 aromatic rings. The van der Waals surface area contributed by atoms with Crippen LogP contribution in [0.5, 0.6) is 5.75 Å². The monoisotopic (exact) mass is 337 g/mol. The topological polar surface area (TPSA) is 56.0 Å². The highest BCUT2D eigenvalue weighted by atomic mass is 32.1. The zero-order chi connectivity index (χ0) is 16.4. The van der Waals surface area contributed by atoms with Gasteiger partial charge in [0.05, 0.1) is 12.8 Å². The minimum atomic E-state index is 0.321. The molecule has 0 aliphatic rings. The molecule has 0 bridgehead atoms. The Labute approximate surface area is 143 Å². The third-order valence-corrected chi connectivity index (χ3v) is 4.15. The lowest BCUT2D eigenvalue weighted by Gasteiger charge is -2.10. The highest BCUT2D eigenvalue weighted by Gasteiger charge is 2.10. The van der Waals surface area contributed by atoms with E-state index >= 15 is 0 Å². The summed E-state index contributed by atoms with van der Waals surface area (Å²) >= 11 is 5.30. The van der Waals surface area contributed by atoms with Crippen LogP contribution in [0.15, 0.2) is 65.3 Å². The molecule has 24 heavy (non-hydrogen) atoms. The first-order valence-corrected chi connectivity index (χ1v) is 7.99. The van der Waals surface area contributed by atoms with Crippen molar-refractivity contribution in [3.63, 3.8) is 0 Å². The fourth-order valence-corrected chi connectivity index (χ4v) is 2.86. The molecule has 0 unspecified atom stereocenters. The number of nitrogens with one attached hydrogen (secondary N) is 1. The standard InChI is InChI=1S/C18H15N3O2S/c24-18-20-19-17(21(18)11-14-7-4-10-22-14)12-23-16-9-3-6-13-5-1-2-8-15(13)16/h1-10H,11-12H2,(H,20,24). The van der Waals surface area contributed by atoms with Gasteiger partial charge in [-0.3, -0.25) is 9.67 Å². The summed E-state index contributed by atoms with van der Waals surface area (Å²) in [7, 11) is 0. The number of furan rings is 1. The second-order valence-corrected chi connectivity index (χ2v) is 5.76. The van der Waals surface area contributed by atoms with Crippen molar-refractivity contribution in [2.75, 3.05) is 0 Å². The van der Waals surface area contributed by atoms with Gasteiger partial charge in [0, 0.05) is 5.39 Å². The molecule has 0 amide bonds. The lowest BCUT2D eigenvalue weighted by Crippen LogP contribution is -2.08. The average molecular weight is 337 g/mol. The molecule has 0 saturated heterocycles. The van der Waals surface area contributed by atoms with E-state index < -0.39 is 0 Å². The van der Waals surface area contributed by atoms with Gasteiger partial charge in [-0.1, -0.05) is 36.4 Å². The maximum Gasteiger partial charge on any atom is 0.195 e. The Kier molecular flexibility index (Phi) is 3.88. The summed E-state index contributed by atoms with van der Waals surface area (Å²) in [6.45, 7) is 0.846. The number of aromatic nitrogens is 3. The number of H-pyrrole nitrogens is 1. The first kappa shape index (κ1) is 14.7. The maximum absolute atomic E-state index is 6.00. The Morgan fingerprint density at radius 1 is 1.08 bits per heavy atom. The number of hydrogen-bond acceptors (Lipinski definition) is 4. The Morgan fingerprint density at radius 2 is 1.96 bits per heavy atom.